The zero-order valence-corrected chi connectivity index (χ0v) is 14.7. The molecule has 134 valence electrons. The van der Waals surface area contributed by atoms with E-state index in [2.05, 4.69) is 27.4 Å². The number of carbonyl (C=O) groups excluding carboxylic acids is 1. The third-order valence-corrected chi connectivity index (χ3v) is 5.40. The Morgan fingerprint density at radius 1 is 1.12 bits per heavy atom. The monoisotopic (exact) mass is 341 g/mol. The Bertz CT molecular complexity index is 680. The first kappa shape index (κ1) is 16.4. The van der Waals surface area contributed by atoms with Gasteiger partial charge in [-0.1, -0.05) is 25.3 Å². The van der Waals surface area contributed by atoms with Crippen molar-refractivity contribution in [2.45, 2.75) is 44.7 Å². The largest absolute Gasteiger partial charge is 0.335 e. The summed E-state index contributed by atoms with van der Waals surface area (Å²) >= 11 is 0. The Morgan fingerprint density at radius 2 is 1.92 bits per heavy atom. The fraction of sp³-hybridized carbons (Fsp3) is 0.579. The minimum absolute atomic E-state index is 0.124. The molecule has 0 bridgehead atoms. The molecule has 2 aliphatic rings. The van der Waals surface area contributed by atoms with E-state index in [-0.39, 0.29) is 6.03 Å². The number of nitrogens with zero attached hydrogens (tertiary/aromatic N) is 4. The maximum absolute atomic E-state index is 12.4. The zero-order chi connectivity index (χ0) is 17.1. The number of fused-ring (bicyclic) bond motifs is 1. The fourth-order valence-corrected chi connectivity index (χ4v) is 3.92. The van der Waals surface area contributed by atoms with E-state index in [9.17, 15) is 4.79 Å². The lowest BCUT2D eigenvalue weighted by molar-refractivity contribution is 0.131. The third kappa shape index (κ3) is 3.95. The predicted octanol–water partition coefficient (Wildman–Crippen LogP) is 2.49. The van der Waals surface area contributed by atoms with Crippen LogP contribution in [0.5, 0.6) is 0 Å². The summed E-state index contributed by atoms with van der Waals surface area (Å²) < 4.78 is 1.92. The molecule has 0 aromatic carbocycles. The molecule has 25 heavy (non-hydrogen) atoms. The van der Waals surface area contributed by atoms with Gasteiger partial charge < -0.3 is 10.2 Å². The van der Waals surface area contributed by atoms with Crippen LogP contribution < -0.4 is 5.32 Å². The van der Waals surface area contributed by atoms with Gasteiger partial charge in [-0.25, -0.2) is 9.31 Å². The van der Waals surface area contributed by atoms with Crippen LogP contribution in [0.1, 0.15) is 37.8 Å². The number of urea groups is 1. The lowest BCUT2D eigenvalue weighted by Gasteiger charge is -2.35. The summed E-state index contributed by atoms with van der Waals surface area (Å²) in [7, 11) is 0. The minimum Gasteiger partial charge on any atom is -0.335 e. The van der Waals surface area contributed by atoms with Crippen LogP contribution in [-0.4, -0.2) is 57.7 Å². The van der Waals surface area contributed by atoms with E-state index in [0.717, 1.165) is 56.8 Å². The second-order valence-corrected chi connectivity index (χ2v) is 7.25. The van der Waals surface area contributed by atoms with Gasteiger partial charge in [0.2, 0.25) is 0 Å². The molecular formula is C19H27N5O. The van der Waals surface area contributed by atoms with E-state index in [1.54, 1.807) is 0 Å². The molecule has 6 nitrogen and oxygen atoms in total. The Labute approximate surface area is 148 Å². The van der Waals surface area contributed by atoms with Crippen molar-refractivity contribution in [2.75, 3.05) is 26.2 Å². The number of aromatic nitrogens is 2. The fourth-order valence-electron chi connectivity index (χ4n) is 3.92. The first-order chi connectivity index (χ1) is 12.3. The molecule has 1 aliphatic heterocycles. The molecule has 0 radical (unpaired) electrons. The summed E-state index contributed by atoms with van der Waals surface area (Å²) in [6, 6.07) is 8.75. The lowest BCUT2D eigenvalue weighted by atomic mass is 9.96. The van der Waals surface area contributed by atoms with Crippen molar-refractivity contribution in [3.8, 4) is 0 Å². The Morgan fingerprint density at radius 3 is 2.68 bits per heavy atom. The van der Waals surface area contributed by atoms with E-state index in [1.807, 2.05) is 27.7 Å². The third-order valence-electron chi connectivity index (χ3n) is 5.40. The summed E-state index contributed by atoms with van der Waals surface area (Å²) in [6.45, 7) is 4.26. The normalized spacial score (nSPS) is 20.1. The highest BCUT2D eigenvalue weighted by Crippen LogP contribution is 2.18. The van der Waals surface area contributed by atoms with E-state index in [4.69, 9.17) is 0 Å². The van der Waals surface area contributed by atoms with E-state index in [0.29, 0.717) is 6.04 Å². The molecule has 2 aromatic rings. The van der Waals surface area contributed by atoms with E-state index < -0.39 is 0 Å². The molecule has 0 atom stereocenters. The summed E-state index contributed by atoms with van der Waals surface area (Å²) in [5.41, 5.74) is 2.22. The molecule has 1 saturated carbocycles. The molecule has 1 saturated heterocycles. The highest BCUT2D eigenvalue weighted by atomic mass is 16.2. The average Bonchev–Trinajstić information content (AvgIpc) is 3.05. The van der Waals surface area contributed by atoms with Gasteiger partial charge in [0.15, 0.2) is 0 Å². The lowest BCUT2D eigenvalue weighted by Crippen LogP contribution is -2.53. The number of pyridine rings is 1. The van der Waals surface area contributed by atoms with Gasteiger partial charge >= 0.3 is 6.03 Å². The SMILES string of the molecule is O=C(NC1CCCCC1)N1CCN(Cc2cc3ccccn3n2)CC1. The number of piperazine rings is 1. The van der Waals surface area contributed by atoms with Crippen molar-refractivity contribution >= 4 is 11.5 Å². The number of amides is 2. The van der Waals surface area contributed by atoms with Gasteiger partial charge in [-0.05, 0) is 31.0 Å². The Kier molecular flexibility index (Phi) is 4.88. The van der Waals surface area contributed by atoms with E-state index >= 15 is 0 Å². The van der Waals surface area contributed by atoms with Crippen LogP contribution in [0.3, 0.4) is 0 Å². The van der Waals surface area contributed by atoms with Crippen LogP contribution in [0.2, 0.25) is 0 Å². The second-order valence-electron chi connectivity index (χ2n) is 7.25. The standard InChI is InChI=1S/C19H27N5O/c25-19(20-16-6-2-1-3-7-16)23-12-10-22(11-13-23)15-17-14-18-8-4-5-9-24(18)21-17/h4-5,8-9,14,16H,1-3,6-7,10-13,15H2,(H,20,25). The van der Waals surface area contributed by atoms with Crippen molar-refractivity contribution < 1.29 is 4.79 Å². The number of hydrogen-bond donors (Lipinski definition) is 1. The highest BCUT2D eigenvalue weighted by molar-refractivity contribution is 5.74. The second kappa shape index (κ2) is 7.44. The number of nitrogens with one attached hydrogen (secondary N) is 1. The average molecular weight is 341 g/mol. The maximum atomic E-state index is 12.4. The van der Waals surface area contributed by atoms with Crippen molar-refractivity contribution in [1.29, 1.82) is 0 Å². The van der Waals surface area contributed by atoms with Crippen molar-refractivity contribution in [3.05, 3.63) is 36.2 Å². The van der Waals surface area contributed by atoms with Crippen LogP contribution in [0.4, 0.5) is 4.79 Å². The molecule has 2 fully saturated rings. The molecule has 0 unspecified atom stereocenters. The van der Waals surface area contributed by atoms with Crippen LogP contribution in [-0.2, 0) is 6.54 Å². The first-order valence-corrected chi connectivity index (χ1v) is 9.49. The number of carbonyl (C=O) groups is 1. The maximum Gasteiger partial charge on any atom is 0.317 e. The van der Waals surface area contributed by atoms with Gasteiger partial charge in [-0.15, -0.1) is 0 Å². The van der Waals surface area contributed by atoms with E-state index in [1.165, 1.54) is 19.3 Å². The summed E-state index contributed by atoms with van der Waals surface area (Å²) in [4.78, 5) is 16.8. The van der Waals surface area contributed by atoms with Gasteiger partial charge in [0.25, 0.3) is 0 Å². The zero-order valence-electron chi connectivity index (χ0n) is 14.7. The summed E-state index contributed by atoms with van der Waals surface area (Å²) in [6.07, 6.45) is 8.06. The molecule has 2 amide bonds. The summed E-state index contributed by atoms with van der Waals surface area (Å²) in [5.74, 6) is 0. The van der Waals surface area contributed by atoms with Crippen molar-refractivity contribution in [1.82, 2.24) is 24.7 Å². The van der Waals surface area contributed by atoms with Crippen LogP contribution in [0.15, 0.2) is 30.5 Å². The molecular weight excluding hydrogens is 314 g/mol. The van der Waals surface area contributed by atoms with Gasteiger partial charge in [-0.2, -0.15) is 5.10 Å². The molecule has 0 spiro atoms. The molecule has 3 heterocycles. The topological polar surface area (TPSA) is 52.9 Å². The van der Waals surface area contributed by atoms with Crippen LogP contribution in [0.25, 0.3) is 5.52 Å². The van der Waals surface area contributed by atoms with Crippen molar-refractivity contribution in [2.24, 2.45) is 0 Å². The number of rotatable bonds is 3. The Balaban J connectivity index is 1.26. The predicted molar refractivity (Wildman–Crippen MR) is 97.4 cm³/mol. The summed E-state index contributed by atoms with van der Waals surface area (Å²) in [5, 5.41) is 7.84. The highest BCUT2D eigenvalue weighted by Gasteiger charge is 2.24. The quantitative estimate of drug-likeness (QED) is 0.933. The molecule has 4 rings (SSSR count). The van der Waals surface area contributed by atoms with Gasteiger partial charge in [0.05, 0.1) is 11.2 Å². The van der Waals surface area contributed by atoms with Crippen LogP contribution >= 0.6 is 0 Å². The molecule has 6 heteroatoms. The van der Waals surface area contributed by atoms with Crippen LogP contribution in [0, 0.1) is 0 Å². The Hall–Kier alpha value is -2.08. The molecule has 1 N–H and O–H groups in total. The van der Waals surface area contributed by atoms with Gasteiger partial charge in [-0.3, -0.25) is 4.90 Å². The van der Waals surface area contributed by atoms with Crippen molar-refractivity contribution in [3.63, 3.8) is 0 Å². The van der Waals surface area contributed by atoms with Gasteiger partial charge in [0, 0.05) is 45.0 Å². The molecule has 2 aromatic heterocycles. The number of hydrogen-bond acceptors (Lipinski definition) is 3. The minimum atomic E-state index is 0.124. The smallest absolute Gasteiger partial charge is 0.317 e. The molecule has 1 aliphatic carbocycles. The van der Waals surface area contributed by atoms with Gasteiger partial charge in [0.1, 0.15) is 0 Å². The first-order valence-electron chi connectivity index (χ1n) is 9.49.